The molecule has 1 aliphatic heterocycles. The summed E-state index contributed by atoms with van der Waals surface area (Å²) >= 11 is 0. The van der Waals surface area contributed by atoms with Crippen molar-refractivity contribution in [3.8, 4) is 0 Å². The van der Waals surface area contributed by atoms with Crippen LogP contribution in [-0.2, 0) is 10.0 Å². The summed E-state index contributed by atoms with van der Waals surface area (Å²) in [5.74, 6) is 0.142. The van der Waals surface area contributed by atoms with Crippen LogP contribution < -0.4 is 10.6 Å². The lowest BCUT2D eigenvalue weighted by atomic mass is 9.91. The lowest BCUT2D eigenvalue weighted by Gasteiger charge is -2.34. The predicted octanol–water partition coefficient (Wildman–Crippen LogP) is 3.99. The molecule has 2 aromatic carbocycles. The molecule has 0 saturated carbocycles. The quantitative estimate of drug-likeness (QED) is 0.676. The van der Waals surface area contributed by atoms with Gasteiger partial charge < -0.3 is 10.6 Å². The molecule has 6 nitrogen and oxygen atoms in total. The van der Waals surface area contributed by atoms with E-state index in [0.717, 1.165) is 31.5 Å². The zero-order chi connectivity index (χ0) is 21.9. The largest absolute Gasteiger partial charge is 0.322 e. The third kappa shape index (κ3) is 5.66. The van der Waals surface area contributed by atoms with E-state index in [2.05, 4.69) is 10.6 Å². The number of sulfonamides is 1. The fourth-order valence-electron chi connectivity index (χ4n) is 3.96. The Hall–Kier alpha value is -1.93. The smallest absolute Gasteiger partial charge is 0.255 e. The van der Waals surface area contributed by atoms with Crippen molar-refractivity contribution in [2.75, 3.05) is 25.5 Å². The Morgan fingerprint density at radius 1 is 1.10 bits per heavy atom. The Bertz CT molecular complexity index is 1020. The van der Waals surface area contributed by atoms with Crippen molar-refractivity contribution in [2.24, 2.45) is 5.92 Å². The zero-order valence-corrected chi connectivity index (χ0v) is 20.1. The molecule has 170 valence electrons. The van der Waals surface area contributed by atoms with Crippen molar-refractivity contribution in [3.05, 3.63) is 59.2 Å². The van der Waals surface area contributed by atoms with Gasteiger partial charge in [-0.25, -0.2) is 8.42 Å². The van der Waals surface area contributed by atoms with Crippen LogP contribution in [0, 0.1) is 19.8 Å². The van der Waals surface area contributed by atoms with Gasteiger partial charge in [0.05, 0.1) is 4.90 Å². The number of piperidine rings is 1. The van der Waals surface area contributed by atoms with Crippen LogP contribution in [0.25, 0.3) is 0 Å². The molecule has 8 heteroatoms. The highest BCUT2D eigenvalue weighted by atomic mass is 35.5. The normalized spacial score (nSPS) is 15.9. The maximum absolute atomic E-state index is 13.2. The summed E-state index contributed by atoms with van der Waals surface area (Å²) in [7, 11) is -1.96. The average Bonchev–Trinajstić information content (AvgIpc) is 2.74. The Labute approximate surface area is 191 Å². The van der Waals surface area contributed by atoms with Crippen LogP contribution in [-0.4, -0.2) is 44.8 Å². The van der Waals surface area contributed by atoms with Crippen LogP contribution in [0.2, 0.25) is 0 Å². The van der Waals surface area contributed by atoms with Crippen molar-refractivity contribution in [1.82, 2.24) is 9.62 Å². The fraction of sp³-hybridized carbons (Fsp3) is 0.435. The van der Waals surface area contributed by atoms with Crippen LogP contribution in [0.1, 0.15) is 41.3 Å². The van der Waals surface area contributed by atoms with Gasteiger partial charge in [-0.05, 0) is 88.0 Å². The minimum absolute atomic E-state index is 0. The number of hydrogen-bond acceptors (Lipinski definition) is 4. The molecule has 0 aromatic heterocycles. The minimum atomic E-state index is -3.61. The Morgan fingerprint density at radius 3 is 2.35 bits per heavy atom. The molecule has 0 spiro atoms. The maximum atomic E-state index is 13.2. The van der Waals surface area contributed by atoms with E-state index >= 15 is 0 Å². The molecular formula is C23H32ClN3O3S. The predicted molar refractivity (Wildman–Crippen MR) is 128 cm³/mol. The highest BCUT2D eigenvalue weighted by molar-refractivity contribution is 7.89. The molecule has 3 rings (SSSR count). The first-order valence-electron chi connectivity index (χ1n) is 10.4. The second kappa shape index (κ2) is 10.6. The van der Waals surface area contributed by atoms with Gasteiger partial charge in [-0.15, -0.1) is 12.4 Å². The summed E-state index contributed by atoms with van der Waals surface area (Å²) in [5, 5.41) is 6.22. The van der Waals surface area contributed by atoms with Gasteiger partial charge in [-0.2, -0.15) is 4.31 Å². The Kier molecular flexibility index (Phi) is 8.65. The number of nitrogens with zero attached hydrogens (tertiary/aromatic N) is 1. The van der Waals surface area contributed by atoms with Gasteiger partial charge in [0.15, 0.2) is 0 Å². The number of aryl methyl sites for hydroxylation is 2. The molecule has 2 N–H and O–H groups in total. The van der Waals surface area contributed by atoms with Crippen molar-refractivity contribution >= 4 is 34.0 Å². The van der Waals surface area contributed by atoms with Crippen molar-refractivity contribution < 1.29 is 13.2 Å². The summed E-state index contributed by atoms with van der Waals surface area (Å²) in [4.78, 5) is 12.8. The molecule has 0 bridgehead atoms. The van der Waals surface area contributed by atoms with Gasteiger partial charge in [0.1, 0.15) is 0 Å². The van der Waals surface area contributed by atoms with Crippen molar-refractivity contribution in [2.45, 2.75) is 44.6 Å². The number of amides is 1. The van der Waals surface area contributed by atoms with Gasteiger partial charge in [-0.3, -0.25) is 4.79 Å². The van der Waals surface area contributed by atoms with Crippen LogP contribution in [0.5, 0.6) is 0 Å². The van der Waals surface area contributed by atoms with E-state index in [1.54, 1.807) is 31.3 Å². The van der Waals surface area contributed by atoms with E-state index in [1.807, 2.05) is 39.0 Å². The lowest BCUT2D eigenvalue weighted by molar-refractivity contribution is 0.102. The molecular weight excluding hydrogens is 434 g/mol. The summed E-state index contributed by atoms with van der Waals surface area (Å²) in [5.41, 5.74) is 2.81. The first kappa shape index (κ1) is 25.3. The minimum Gasteiger partial charge on any atom is -0.322 e. The first-order chi connectivity index (χ1) is 14.2. The van der Waals surface area contributed by atoms with E-state index in [-0.39, 0.29) is 29.3 Å². The van der Waals surface area contributed by atoms with E-state index in [0.29, 0.717) is 22.7 Å². The van der Waals surface area contributed by atoms with E-state index in [1.165, 1.54) is 4.31 Å². The molecule has 0 aliphatic carbocycles. The van der Waals surface area contributed by atoms with Gasteiger partial charge in [-0.1, -0.05) is 18.2 Å². The molecule has 1 atom stereocenters. The van der Waals surface area contributed by atoms with Gasteiger partial charge in [0, 0.05) is 24.3 Å². The number of benzene rings is 2. The second-order valence-corrected chi connectivity index (χ2v) is 10.1. The van der Waals surface area contributed by atoms with Crippen molar-refractivity contribution in [3.63, 3.8) is 0 Å². The lowest BCUT2D eigenvalue weighted by Crippen LogP contribution is -2.43. The molecule has 0 unspecified atom stereocenters. The van der Waals surface area contributed by atoms with E-state index in [9.17, 15) is 13.2 Å². The molecule has 1 aliphatic rings. The van der Waals surface area contributed by atoms with Crippen LogP contribution in [0.3, 0.4) is 0 Å². The van der Waals surface area contributed by atoms with Crippen LogP contribution >= 0.6 is 12.4 Å². The molecule has 1 saturated heterocycles. The molecule has 1 amide bonds. The number of nitrogens with one attached hydrogen (secondary N) is 2. The molecule has 31 heavy (non-hydrogen) atoms. The maximum Gasteiger partial charge on any atom is 0.255 e. The third-order valence-corrected chi connectivity index (χ3v) is 8.09. The third-order valence-electron chi connectivity index (χ3n) is 6.15. The van der Waals surface area contributed by atoms with Gasteiger partial charge >= 0.3 is 0 Å². The highest BCUT2D eigenvalue weighted by Crippen LogP contribution is 2.27. The number of carbonyl (C=O) groups is 1. The number of anilines is 1. The number of carbonyl (C=O) groups excluding carboxylic acids is 1. The van der Waals surface area contributed by atoms with E-state index < -0.39 is 10.0 Å². The first-order valence-corrected chi connectivity index (χ1v) is 11.8. The molecule has 1 heterocycles. The van der Waals surface area contributed by atoms with Crippen molar-refractivity contribution in [1.29, 1.82) is 0 Å². The standard InChI is InChI=1S/C23H31N3O3S.ClH/c1-16-7-5-6-8-21(16)23(27)25-22-10-9-20(15-17(22)2)30(28,29)26(4)18(3)19-11-13-24-14-12-19;/h5-10,15,18-19,24H,11-14H2,1-4H3,(H,25,27);1H/t18-;/m1./s1. The monoisotopic (exact) mass is 465 g/mol. The Morgan fingerprint density at radius 2 is 1.74 bits per heavy atom. The topological polar surface area (TPSA) is 78.5 Å². The zero-order valence-electron chi connectivity index (χ0n) is 18.5. The van der Waals surface area contributed by atoms with Crippen LogP contribution in [0.15, 0.2) is 47.4 Å². The second-order valence-electron chi connectivity index (χ2n) is 8.10. The number of rotatable bonds is 6. The Balaban J connectivity index is 0.00000341. The van der Waals surface area contributed by atoms with E-state index in [4.69, 9.17) is 0 Å². The molecule has 0 radical (unpaired) electrons. The summed E-state index contributed by atoms with van der Waals surface area (Å²) in [6.07, 6.45) is 1.95. The van der Waals surface area contributed by atoms with Crippen LogP contribution in [0.4, 0.5) is 5.69 Å². The fourth-order valence-corrected chi connectivity index (χ4v) is 5.47. The number of hydrogen-bond donors (Lipinski definition) is 2. The summed E-state index contributed by atoms with van der Waals surface area (Å²) in [6.45, 7) is 7.53. The average molecular weight is 466 g/mol. The summed E-state index contributed by atoms with van der Waals surface area (Å²) in [6, 6.07) is 12.2. The summed E-state index contributed by atoms with van der Waals surface area (Å²) < 4.78 is 27.9. The SMILES string of the molecule is Cc1cc(S(=O)(=O)N(C)[C@H](C)C2CCNCC2)ccc1NC(=O)c1ccccc1C.Cl. The highest BCUT2D eigenvalue weighted by Gasteiger charge is 2.31. The van der Waals surface area contributed by atoms with Gasteiger partial charge in [0.25, 0.3) is 5.91 Å². The molecule has 2 aromatic rings. The number of halogens is 1. The van der Waals surface area contributed by atoms with Gasteiger partial charge in [0.2, 0.25) is 10.0 Å². The molecule has 1 fully saturated rings.